The molecule has 136 valence electrons. The Balaban J connectivity index is 1.79. The van der Waals surface area contributed by atoms with Crippen molar-refractivity contribution in [3.05, 3.63) is 24.3 Å². The van der Waals surface area contributed by atoms with E-state index in [9.17, 15) is 14.4 Å². The normalized spacial score (nSPS) is 14.5. The highest BCUT2D eigenvalue weighted by atomic mass is 16.2. The Labute approximate surface area is 149 Å². The number of benzene rings is 1. The monoisotopic (exact) mass is 345 g/mol. The number of hydrogen-bond acceptors (Lipinski definition) is 3. The summed E-state index contributed by atoms with van der Waals surface area (Å²) >= 11 is 0. The number of amides is 3. The van der Waals surface area contributed by atoms with Crippen LogP contribution in [0.3, 0.4) is 0 Å². The van der Waals surface area contributed by atoms with E-state index in [-0.39, 0.29) is 17.7 Å². The smallest absolute Gasteiger partial charge is 0.227 e. The molecule has 2 N–H and O–H groups in total. The maximum Gasteiger partial charge on any atom is 0.227 e. The summed E-state index contributed by atoms with van der Waals surface area (Å²) in [6.45, 7) is 6.77. The zero-order valence-corrected chi connectivity index (χ0v) is 15.2. The van der Waals surface area contributed by atoms with Crippen molar-refractivity contribution in [2.75, 3.05) is 23.3 Å². The zero-order valence-electron chi connectivity index (χ0n) is 15.2. The van der Waals surface area contributed by atoms with Gasteiger partial charge in [-0.2, -0.15) is 0 Å². The van der Waals surface area contributed by atoms with Gasteiger partial charge in [0, 0.05) is 42.7 Å². The van der Waals surface area contributed by atoms with Gasteiger partial charge in [-0.1, -0.05) is 26.8 Å². The lowest BCUT2D eigenvalue weighted by atomic mass is 9.96. The van der Waals surface area contributed by atoms with Crippen LogP contribution in [0.1, 0.15) is 46.5 Å². The molecule has 1 aromatic carbocycles. The van der Waals surface area contributed by atoms with Crippen molar-refractivity contribution in [2.45, 2.75) is 46.5 Å². The predicted molar refractivity (Wildman–Crippen MR) is 98.4 cm³/mol. The average molecular weight is 345 g/mol. The molecule has 0 aromatic heterocycles. The summed E-state index contributed by atoms with van der Waals surface area (Å²) < 4.78 is 0. The molecule has 1 aliphatic rings. The van der Waals surface area contributed by atoms with Crippen molar-refractivity contribution in [1.82, 2.24) is 5.32 Å². The van der Waals surface area contributed by atoms with Gasteiger partial charge in [0.25, 0.3) is 0 Å². The summed E-state index contributed by atoms with van der Waals surface area (Å²) in [5, 5.41) is 5.68. The van der Waals surface area contributed by atoms with E-state index in [0.29, 0.717) is 31.5 Å². The number of nitrogens with one attached hydrogen (secondary N) is 2. The first kappa shape index (κ1) is 19.0. The molecule has 1 fully saturated rings. The molecule has 2 rings (SSSR count). The maximum atomic E-state index is 12.0. The van der Waals surface area contributed by atoms with Crippen LogP contribution in [-0.2, 0) is 14.4 Å². The number of carbonyl (C=O) groups is 3. The van der Waals surface area contributed by atoms with Crippen molar-refractivity contribution in [2.24, 2.45) is 5.41 Å². The summed E-state index contributed by atoms with van der Waals surface area (Å²) in [6, 6.07) is 7.34. The Morgan fingerprint density at radius 3 is 2.64 bits per heavy atom. The summed E-state index contributed by atoms with van der Waals surface area (Å²) in [4.78, 5) is 37.4. The van der Waals surface area contributed by atoms with E-state index in [1.54, 1.807) is 4.90 Å². The van der Waals surface area contributed by atoms with Crippen LogP contribution >= 0.6 is 0 Å². The minimum absolute atomic E-state index is 0.0177. The standard InChI is InChI=1S/C19H27N3O3/c1-19(2,3)18(25)20-11-5-9-16(23)21-14-7-4-8-15(13-14)22-12-6-10-17(22)24/h4,7-8,13H,5-6,9-12H2,1-3H3,(H,20,25)(H,21,23). The van der Waals surface area contributed by atoms with Gasteiger partial charge < -0.3 is 15.5 Å². The molecule has 0 bridgehead atoms. The van der Waals surface area contributed by atoms with E-state index in [4.69, 9.17) is 0 Å². The molecule has 0 unspecified atom stereocenters. The van der Waals surface area contributed by atoms with Crippen molar-refractivity contribution >= 4 is 29.1 Å². The maximum absolute atomic E-state index is 12.0. The van der Waals surface area contributed by atoms with E-state index in [2.05, 4.69) is 10.6 Å². The molecule has 1 saturated heterocycles. The Bertz CT molecular complexity index is 650. The molecule has 0 radical (unpaired) electrons. The van der Waals surface area contributed by atoms with Crippen molar-refractivity contribution in [1.29, 1.82) is 0 Å². The zero-order chi connectivity index (χ0) is 18.4. The van der Waals surface area contributed by atoms with E-state index in [0.717, 1.165) is 18.7 Å². The molecular formula is C19H27N3O3. The first-order valence-electron chi connectivity index (χ1n) is 8.76. The predicted octanol–water partition coefficient (Wildman–Crippen LogP) is 2.69. The molecule has 1 aliphatic heterocycles. The highest BCUT2D eigenvalue weighted by molar-refractivity contribution is 5.97. The van der Waals surface area contributed by atoms with Crippen LogP contribution in [0.4, 0.5) is 11.4 Å². The number of carbonyl (C=O) groups excluding carboxylic acids is 3. The number of rotatable bonds is 6. The molecule has 6 nitrogen and oxygen atoms in total. The third-order valence-corrected chi connectivity index (χ3v) is 4.06. The van der Waals surface area contributed by atoms with Gasteiger partial charge in [-0.05, 0) is 31.0 Å². The molecule has 0 atom stereocenters. The van der Waals surface area contributed by atoms with Gasteiger partial charge in [-0.25, -0.2) is 0 Å². The van der Waals surface area contributed by atoms with Gasteiger partial charge in [-0.15, -0.1) is 0 Å². The second kappa shape index (κ2) is 8.14. The average Bonchev–Trinajstić information content (AvgIpc) is 2.96. The van der Waals surface area contributed by atoms with Gasteiger partial charge in [0.1, 0.15) is 0 Å². The van der Waals surface area contributed by atoms with Crippen molar-refractivity contribution in [3.63, 3.8) is 0 Å². The van der Waals surface area contributed by atoms with Gasteiger partial charge in [0.15, 0.2) is 0 Å². The highest BCUT2D eigenvalue weighted by Gasteiger charge is 2.22. The fourth-order valence-corrected chi connectivity index (χ4v) is 2.61. The van der Waals surface area contributed by atoms with Crippen LogP contribution in [0.2, 0.25) is 0 Å². The van der Waals surface area contributed by atoms with E-state index in [1.807, 2.05) is 45.0 Å². The molecule has 0 aliphatic carbocycles. The minimum atomic E-state index is -0.421. The van der Waals surface area contributed by atoms with Gasteiger partial charge in [0.05, 0.1) is 0 Å². The first-order chi connectivity index (χ1) is 11.8. The van der Waals surface area contributed by atoms with Crippen LogP contribution < -0.4 is 15.5 Å². The molecule has 25 heavy (non-hydrogen) atoms. The van der Waals surface area contributed by atoms with Crippen LogP contribution in [0.5, 0.6) is 0 Å². The Kier molecular flexibility index (Phi) is 6.17. The second-order valence-electron chi connectivity index (χ2n) is 7.36. The molecule has 0 spiro atoms. The molecular weight excluding hydrogens is 318 g/mol. The van der Waals surface area contributed by atoms with E-state index < -0.39 is 5.41 Å². The fraction of sp³-hybridized carbons (Fsp3) is 0.526. The van der Waals surface area contributed by atoms with Gasteiger partial charge >= 0.3 is 0 Å². The molecule has 0 saturated carbocycles. The SMILES string of the molecule is CC(C)(C)C(=O)NCCCC(=O)Nc1cccc(N2CCCC2=O)c1. The molecule has 1 heterocycles. The first-order valence-corrected chi connectivity index (χ1v) is 8.76. The topological polar surface area (TPSA) is 78.5 Å². The minimum Gasteiger partial charge on any atom is -0.356 e. The van der Waals surface area contributed by atoms with Crippen LogP contribution in [0, 0.1) is 5.41 Å². The lowest BCUT2D eigenvalue weighted by molar-refractivity contribution is -0.128. The number of hydrogen-bond donors (Lipinski definition) is 2. The van der Waals surface area contributed by atoms with Crippen molar-refractivity contribution in [3.8, 4) is 0 Å². The molecule has 3 amide bonds. The Morgan fingerprint density at radius 1 is 1.24 bits per heavy atom. The summed E-state index contributed by atoms with van der Waals surface area (Å²) in [5.41, 5.74) is 1.08. The summed E-state index contributed by atoms with van der Waals surface area (Å²) in [7, 11) is 0. The fourth-order valence-electron chi connectivity index (χ4n) is 2.61. The number of anilines is 2. The molecule has 1 aromatic rings. The quantitative estimate of drug-likeness (QED) is 0.778. The summed E-state index contributed by atoms with van der Waals surface area (Å²) in [6.07, 6.45) is 2.36. The second-order valence-corrected chi connectivity index (χ2v) is 7.36. The largest absolute Gasteiger partial charge is 0.356 e. The van der Waals surface area contributed by atoms with Crippen LogP contribution in [-0.4, -0.2) is 30.8 Å². The van der Waals surface area contributed by atoms with Crippen LogP contribution in [0.15, 0.2) is 24.3 Å². The lowest BCUT2D eigenvalue weighted by Crippen LogP contribution is -2.35. The molecule has 6 heteroatoms. The van der Waals surface area contributed by atoms with Crippen LogP contribution in [0.25, 0.3) is 0 Å². The lowest BCUT2D eigenvalue weighted by Gasteiger charge is -2.17. The Morgan fingerprint density at radius 2 is 2.00 bits per heavy atom. The van der Waals surface area contributed by atoms with Gasteiger partial charge in [-0.3, -0.25) is 14.4 Å². The van der Waals surface area contributed by atoms with Gasteiger partial charge in [0.2, 0.25) is 17.7 Å². The third kappa shape index (κ3) is 5.59. The third-order valence-electron chi connectivity index (χ3n) is 4.06. The van der Waals surface area contributed by atoms with E-state index in [1.165, 1.54) is 0 Å². The highest BCUT2D eigenvalue weighted by Crippen LogP contribution is 2.24. The van der Waals surface area contributed by atoms with Crippen molar-refractivity contribution < 1.29 is 14.4 Å². The van der Waals surface area contributed by atoms with E-state index >= 15 is 0 Å². The Hall–Kier alpha value is -2.37. The summed E-state index contributed by atoms with van der Waals surface area (Å²) in [5.74, 6) is 0.00358. The number of nitrogens with zero attached hydrogens (tertiary/aromatic N) is 1.